The molecule has 3 N–H and O–H groups in total. The predicted molar refractivity (Wildman–Crippen MR) is 127 cm³/mol. The van der Waals surface area contributed by atoms with Gasteiger partial charge in [-0.1, -0.05) is 30.3 Å². The number of hydrogen-bond donors (Lipinski definition) is 3. The zero-order chi connectivity index (χ0) is 22.8. The molecule has 0 aromatic heterocycles. The molecule has 166 valence electrons. The molecule has 7 nitrogen and oxygen atoms in total. The molecular formula is C25H27N3O4. The lowest BCUT2D eigenvalue weighted by molar-refractivity contribution is -0.114. The number of ether oxygens (including phenoxy) is 2. The van der Waals surface area contributed by atoms with Gasteiger partial charge in [-0.2, -0.15) is 0 Å². The molecule has 0 atom stereocenters. The normalized spacial score (nSPS) is 10.2. The van der Waals surface area contributed by atoms with Crippen molar-refractivity contribution in [1.82, 2.24) is 0 Å². The van der Waals surface area contributed by atoms with Crippen LogP contribution in [0.4, 0.5) is 17.1 Å². The highest BCUT2D eigenvalue weighted by Gasteiger charge is 2.14. The van der Waals surface area contributed by atoms with Gasteiger partial charge < -0.3 is 25.4 Å². The van der Waals surface area contributed by atoms with Gasteiger partial charge in [0.15, 0.2) is 0 Å². The van der Waals surface area contributed by atoms with E-state index in [4.69, 9.17) is 9.47 Å². The lowest BCUT2D eigenvalue weighted by Gasteiger charge is -2.15. The zero-order valence-electron chi connectivity index (χ0n) is 18.2. The fourth-order valence-electron chi connectivity index (χ4n) is 3.06. The summed E-state index contributed by atoms with van der Waals surface area (Å²) in [6.07, 6.45) is 0. The first kappa shape index (κ1) is 22.7. The van der Waals surface area contributed by atoms with Crippen LogP contribution in [0.3, 0.4) is 0 Å². The molecule has 0 unspecified atom stereocenters. The molecule has 7 heteroatoms. The van der Waals surface area contributed by atoms with Gasteiger partial charge in [0, 0.05) is 11.8 Å². The Labute approximate surface area is 187 Å². The minimum Gasteiger partial charge on any atom is -0.494 e. The van der Waals surface area contributed by atoms with Gasteiger partial charge in [0.05, 0.1) is 36.7 Å². The predicted octanol–water partition coefficient (Wildman–Crippen LogP) is 4.79. The van der Waals surface area contributed by atoms with Crippen molar-refractivity contribution >= 4 is 28.9 Å². The number of anilines is 3. The van der Waals surface area contributed by atoms with Crippen molar-refractivity contribution in [2.24, 2.45) is 0 Å². The minimum absolute atomic E-state index is 0.00963. The molecular weight excluding hydrogens is 406 g/mol. The molecule has 0 aliphatic heterocycles. The van der Waals surface area contributed by atoms with Crippen LogP contribution in [0.15, 0.2) is 72.8 Å². The fraction of sp³-hybridized carbons (Fsp3) is 0.200. The maximum absolute atomic E-state index is 12.7. The molecule has 0 fully saturated rings. The van der Waals surface area contributed by atoms with Crippen LogP contribution in [0.25, 0.3) is 0 Å². The summed E-state index contributed by atoms with van der Waals surface area (Å²) in [5.41, 5.74) is 2.14. The Hall–Kier alpha value is -4.00. The summed E-state index contributed by atoms with van der Waals surface area (Å²) in [6.45, 7) is 4.82. The average Bonchev–Trinajstić information content (AvgIpc) is 2.80. The van der Waals surface area contributed by atoms with Gasteiger partial charge in [-0.15, -0.1) is 0 Å². The van der Waals surface area contributed by atoms with Gasteiger partial charge in [0.1, 0.15) is 11.5 Å². The molecule has 0 bridgehead atoms. The van der Waals surface area contributed by atoms with Crippen molar-refractivity contribution in [2.45, 2.75) is 13.8 Å². The second-order valence-electron chi connectivity index (χ2n) is 6.79. The Balaban J connectivity index is 1.67. The second kappa shape index (κ2) is 11.4. The van der Waals surface area contributed by atoms with Crippen LogP contribution in [-0.2, 0) is 4.79 Å². The smallest absolute Gasteiger partial charge is 0.257 e. The van der Waals surface area contributed by atoms with E-state index in [1.807, 2.05) is 38.1 Å². The summed E-state index contributed by atoms with van der Waals surface area (Å²) in [5, 5.41) is 8.73. The largest absolute Gasteiger partial charge is 0.494 e. The van der Waals surface area contributed by atoms with E-state index in [1.165, 1.54) is 0 Å². The Morgan fingerprint density at radius 3 is 2.25 bits per heavy atom. The van der Waals surface area contributed by atoms with Crippen molar-refractivity contribution in [1.29, 1.82) is 0 Å². The number of nitrogens with one attached hydrogen (secondary N) is 3. The highest BCUT2D eigenvalue weighted by molar-refractivity contribution is 6.10. The van der Waals surface area contributed by atoms with E-state index in [0.717, 1.165) is 0 Å². The molecule has 0 aliphatic carbocycles. The molecule has 3 aromatic rings. The van der Waals surface area contributed by atoms with Crippen molar-refractivity contribution in [3.8, 4) is 11.5 Å². The number of rotatable bonds is 10. The first-order chi connectivity index (χ1) is 15.6. The standard InChI is InChI=1S/C25H27N3O4/c1-3-31-19-14-15-23(32-4-2)22(16-19)26-17-24(29)28-21-13-9-8-12-20(21)25(30)27-18-10-6-5-7-11-18/h5-16,26H,3-4,17H2,1-2H3,(H,27,30)(H,28,29). The Morgan fingerprint density at radius 2 is 1.50 bits per heavy atom. The van der Waals surface area contributed by atoms with Crippen molar-refractivity contribution in [2.75, 3.05) is 35.7 Å². The summed E-state index contributed by atoms with van der Waals surface area (Å²) in [4.78, 5) is 25.3. The van der Waals surface area contributed by atoms with Crippen LogP contribution in [0.2, 0.25) is 0 Å². The summed E-state index contributed by atoms with van der Waals surface area (Å²) in [7, 11) is 0. The molecule has 0 heterocycles. The summed E-state index contributed by atoms with van der Waals surface area (Å²) >= 11 is 0. The van der Waals surface area contributed by atoms with Gasteiger partial charge >= 0.3 is 0 Å². The van der Waals surface area contributed by atoms with E-state index < -0.39 is 0 Å². The second-order valence-corrected chi connectivity index (χ2v) is 6.79. The number of benzene rings is 3. The Bertz CT molecular complexity index is 1050. The van der Waals surface area contributed by atoms with Crippen LogP contribution in [0, 0.1) is 0 Å². The fourth-order valence-corrected chi connectivity index (χ4v) is 3.06. The van der Waals surface area contributed by atoms with Gasteiger partial charge in [-0.05, 0) is 50.2 Å². The maximum atomic E-state index is 12.7. The third-order valence-corrected chi connectivity index (χ3v) is 4.48. The quantitative estimate of drug-likeness (QED) is 0.428. The molecule has 3 rings (SSSR count). The lowest BCUT2D eigenvalue weighted by Crippen LogP contribution is -2.24. The minimum atomic E-state index is -0.303. The molecule has 0 saturated carbocycles. The first-order valence-electron chi connectivity index (χ1n) is 10.5. The maximum Gasteiger partial charge on any atom is 0.257 e. The first-order valence-corrected chi connectivity index (χ1v) is 10.5. The summed E-state index contributed by atoms with van der Waals surface area (Å²) < 4.78 is 11.2. The van der Waals surface area contributed by atoms with Crippen LogP contribution in [-0.4, -0.2) is 31.6 Å². The van der Waals surface area contributed by atoms with E-state index in [0.29, 0.717) is 47.3 Å². The van der Waals surface area contributed by atoms with E-state index in [-0.39, 0.29) is 18.4 Å². The number of hydrogen-bond acceptors (Lipinski definition) is 5. The van der Waals surface area contributed by atoms with Crippen LogP contribution < -0.4 is 25.4 Å². The SMILES string of the molecule is CCOc1ccc(OCC)c(NCC(=O)Nc2ccccc2C(=O)Nc2ccccc2)c1. The van der Waals surface area contributed by atoms with E-state index >= 15 is 0 Å². The van der Waals surface area contributed by atoms with Gasteiger partial charge in [0.25, 0.3) is 5.91 Å². The van der Waals surface area contributed by atoms with Crippen LogP contribution in [0.5, 0.6) is 11.5 Å². The summed E-state index contributed by atoms with van der Waals surface area (Å²) in [5.74, 6) is 0.713. The van der Waals surface area contributed by atoms with Crippen LogP contribution in [0.1, 0.15) is 24.2 Å². The molecule has 0 saturated heterocycles. The number of carbonyl (C=O) groups excluding carboxylic acids is 2. The Kier molecular flexibility index (Phi) is 8.09. The number of amides is 2. The third-order valence-electron chi connectivity index (χ3n) is 4.48. The zero-order valence-corrected chi connectivity index (χ0v) is 18.2. The van der Waals surface area contributed by atoms with E-state index in [9.17, 15) is 9.59 Å². The molecule has 3 aromatic carbocycles. The van der Waals surface area contributed by atoms with Gasteiger partial charge in [-0.25, -0.2) is 0 Å². The molecule has 2 amide bonds. The number of carbonyl (C=O) groups is 2. The van der Waals surface area contributed by atoms with Crippen molar-refractivity contribution in [3.05, 3.63) is 78.4 Å². The highest BCUT2D eigenvalue weighted by Crippen LogP contribution is 2.29. The van der Waals surface area contributed by atoms with E-state index in [1.54, 1.807) is 48.5 Å². The van der Waals surface area contributed by atoms with Crippen molar-refractivity contribution < 1.29 is 19.1 Å². The average molecular weight is 434 g/mol. The highest BCUT2D eigenvalue weighted by atomic mass is 16.5. The summed E-state index contributed by atoms with van der Waals surface area (Å²) in [6, 6.07) is 21.4. The molecule has 0 spiro atoms. The van der Waals surface area contributed by atoms with Crippen molar-refractivity contribution in [3.63, 3.8) is 0 Å². The molecule has 32 heavy (non-hydrogen) atoms. The molecule has 0 aliphatic rings. The topological polar surface area (TPSA) is 88.7 Å². The monoisotopic (exact) mass is 433 g/mol. The third kappa shape index (κ3) is 6.25. The van der Waals surface area contributed by atoms with Gasteiger partial charge in [0.2, 0.25) is 5.91 Å². The van der Waals surface area contributed by atoms with Crippen LogP contribution >= 0.6 is 0 Å². The molecule has 0 radical (unpaired) electrons. The lowest BCUT2D eigenvalue weighted by atomic mass is 10.1. The van der Waals surface area contributed by atoms with E-state index in [2.05, 4.69) is 16.0 Å². The van der Waals surface area contributed by atoms with Gasteiger partial charge in [-0.3, -0.25) is 9.59 Å². The Morgan fingerprint density at radius 1 is 0.781 bits per heavy atom. The number of para-hydroxylation sites is 2.